The first kappa shape index (κ1) is 12.4. The van der Waals surface area contributed by atoms with E-state index in [1.54, 1.807) is 0 Å². The molecular formula is C13H14INO2. The topological polar surface area (TPSA) is 48.4 Å². The molecule has 90 valence electrons. The molecule has 0 atom stereocenters. The number of aryl methyl sites for hydroxylation is 1. The molecule has 1 aromatic heterocycles. The summed E-state index contributed by atoms with van der Waals surface area (Å²) in [5.74, 6) is 2.48. The Morgan fingerprint density at radius 2 is 2.18 bits per heavy atom. The van der Waals surface area contributed by atoms with E-state index in [-0.39, 0.29) is 0 Å². The van der Waals surface area contributed by atoms with Gasteiger partial charge in [0, 0.05) is 3.57 Å². The number of furan rings is 1. The zero-order chi connectivity index (χ0) is 12.3. The fourth-order valence-electron chi connectivity index (χ4n) is 1.58. The van der Waals surface area contributed by atoms with Crippen LogP contribution >= 0.6 is 22.6 Å². The lowest BCUT2D eigenvalue weighted by molar-refractivity contribution is 0.266. The Bertz CT molecular complexity index is 508. The Morgan fingerprint density at radius 1 is 1.35 bits per heavy atom. The van der Waals surface area contributed by atoms with Gasteiger partial charge in [0.15, 0.2) is 0 Å². The second-order valence-corrected chi connectivity index (χ2v) is 5.01. The molecule has 1 aromatic carbocycles. The first-order valence-corrected chi connectivity index (χ1v) is 6.43. The number of halogens is 1. The number of nitrogens with two attached hydrogens (primary N) is 1. The number of rotatable bonds is 4. The summed E-state index contributed by atoms with van der Waals surface area (Å²) in [7, 11) is 0. The molecule has 0 saturated carbocycles. The van der Waals surface area contributed by atoms with E-state index < -0.39 is 0 Å². The Hall–Kier alpha value is -1.01. The molecule has 17 heavy (non-hydrogen) atoms. The van der Waals surface area contributed by atoms with Crippen LogP contribution in [0.3, 0.4) is 0 Å². The van der Waals surface area contributed by atoms with Gasteiger partial charge in [-0.15, -0.1) is 0 Å². The SMILES string of the molecule is Cc1cc(COc2cccc(I)c2)oc1CN. The minimum atomic E-state index is 0.426. The van der Waals surface area contributed by atoms with E-state index in [2.05, 4.69) is 22.6 Å². The molecule has 3 nitrogen and oxygen atoms in total. The average Bonchev–Trinajstić information content (AvgIpc) is 2.67. The normalized spacial score (nSPS) is 10.5. The maximum atomic E-state index is 5.65. The summed E-state index contributed by atoms with van der Waals surface area (Å²) in [6.07, 6.45) is 0. The lowest BCUT2D eigenvalue weighted by Crippen LogP contribution is -1.96. The molecule has 0 amide bonds. The molecule has 0 aliphatic carbocycles. The highest BCUT2D eigenvalue weighted by Gasteiger charge is 2.06. The standard InChI is InChI=1S/C13H14INO2/c1-9-5-12(17-13(9)7-15)8-16-11-4-2-3-10(14)6-11/h2-6H,7-8,15H2,1H3. The van der Waals surface area contributed by atoms with E-state index >= 15 is 0 Å². The Balaban J connectivity index is 2.02. The van der Waals surface area contributed by atoms with Crippen molar-refractivity contribution in [2.24, 2.45) is 5.73 Å². The predicted octanol–water partition coefficient (Wildman–Crippen LogP) is 3.23. The summed E-state index contributed by atoms with van der Waals surface area (Å²) >= 11 is 2.26. The van der Waals surface area contributed by atoms with Crippen LogP contribution in [0.1, 0.15) is 17.1 Å². The van der Waals surface area contributed by atoms with Crippen molar-refractivity contribution in [3.63, 3.8) is 0 Å². The monoisotopic (exact) mass is 343 g/mol. The smallest absolute Gasteiger partial charge is 0.146 e. The minimum absolute atomic E-state index is 0.426. The van der Waals surface area contributed by atoms with Crippen molar-refractivity contribution in [1.82, 2.24) is 0 Å². The molecule has 0 fully saturated rings. The van der Waals surface area contributed by atoms with Gasteiger partial charge in [-0.05, 0) is 59.3 Å². The van der Waals surface area contributed by atoms with Gasteiger partial charge in [0.05, 0.1) is 6.54 Å². The quantitative estimate of drug-likeness (QED) is 0.867. The lowest BCUT2D eigenvalue weighted by Gasteiger charge is -2.04. The van der Waals surface area contributed by atoms with Gasteiger partial charge in [-0.25, -0.2) is 0 Å². The van der Waals surface area contributed by atoms with E-state index in [0.717, 1.165) is 26.4 Å². The van der Waals surface area contributed by atoms with Crippen LogP contribution in [0.15, 0.2) is 34.7 Å². The number of benzene rings is 1. The molecular weight excluding hydrogens is 329 g/mol. The third kappa shape index (κ3) is 3.23. The second kappa shape index (κ2) is 5.55. The summed E-state index contributed by atoms with van der Waals surface area (Å²) in [6, 6.07) is 9.88. The van der Waals surface area contributed by atoms with Crippen LogP contribution in [-0.4, -0.2) is 0 Å². The van der Waals surface area contributed by atoms with E-state index in [1.807, 2.05) is 37.3 Å². The van der Waals surface area contributed by atoms with E-state index in [4.69, 9.17) is 14.9 Å². The molecule has 2 aromatic rings. The number of hydrogen-bond donors (Lipinski definition) is 1. The lowest BCUT2D eigenvalue weighted by atomic mass is 10.3. The molecule has 0 aliphatic heterocycles. The van der Waals surface area contributed by atoms with Gasteiger partial charge in [-0.2, -0.15) is 0 Å². The molecule has 0 aliphatic rings. The molecule has 2 N–H and O–H groups in total. The number of hydrogen-bond acceptors (Lipinski definition) is 3. The molecule has 0 radical (unpaired) electrons. The highest BCUT2D eigenvalue weighted by molar-refractivity contribution is 14.1. The molecule has 0 bridgehead atoms. The van der Waals surface area contributed by atoms with Crippen LogP contribution in [0.5, 0.6) is 5.75 Å². The van der Waals surface area contributed by atoms with Gasteiger partial charge < -0.3 is 14.9 Å². The summed E-state index contributed by atoms with van der Waals surface area (Å²) in [4.78, 5) is 0. The first-order valence-electron chi connectivity index (χ1n) is 5.35. The molecule has 2 rings (SSSR count). The predicted molar refractivity (Wildman–Crippen MR) is 74.8 cm³/mol. The van der Waals surface area contributed by atoms with Crippen LogP contribution in [-0.2, 0) is 13.2 Å². The third-order valence-electron chi connectivity index (χ3n) is 2.43. The summed E-state index contributed by atoms with van der Waals surface area (Å²) in [5.41, 5.74) is 6.63. The fourth-order valence-corrected chi connectivity index (χ4v) is 2.09. The third-order valence-corrected chi connectivity index (χ3v) is 3.11. The van der Waals surface area contributed by atoms with Gasteiger partial charge in [-0.3, -0.25) is 0 Å². The van der Waals surface area contributed by atoms with Crippen molar-refractivity contribution in [3.05, 3.63) is 51.0 Å². The van der Waals surface area contributed by atoms with Crippen molar-refractivity contribution in [2.45, 2.75) is 20.1 Å². The van der Waals surface area contributed by atoms with Crippen LogP contribution in [0.2, 0.25) is 0 Å². The van der Waals surface area contributed by atoms with Crippen molar-refractivity contribution in [1.29, 1.82) is 0 Å². The van der Waals surface area contributed by atoms with Crippen LogP contribution in [0.25, 0.3) is 0 Å². The highest BCUT2D eigenvalue weighted by Crippen LogP contribution is 2.19. The Kier molecular flexibility index (Phi) is 4.06. The van der Waals surface area contributed by atoms with Crippen LogP contribution < -0.4 is 10.5 Å². The zero-order valence-electron chi connectivity index (χ0n) is 9.57. The maximum Gasteiger partial charge on any atom is 0.146 e. The van der Waals surface area contributed by atoms with Gasteiger partial charge in [0.25, 0.3) is 0 Å². The molecule has 1 heterocycles. The van der Waals surface area contributed by atoms with E-state index in [9.17, 15) is 0 Å². The second-order valence-electron chi connectivity index (χ2n) is 3.77. The molecule has 0 spiro atoms. The Morgan fingerprint density at radius 3 is 2.82 bits per heavy atom. The highest BCUT2D eigenvalue weighted by atomic mass is 127. The van der Waals surface area contributed by atoms with Gasteiger partial charge in [0.2, 0.25) is 0 Å². The fraction of sp³-hybridized carbons (Fsp3) is 0.231. The average molecular weight is 343 g/mol. The summed E-state index contributed by atoms with van der Waals surface area (Å²) in [6.45, 7) is 2.84. The van der Waals surface area contributed by atoms with Crippen molar-refractivity contribution < 1.29 is 9.15 Å². The zero-order valence-corrected chi connectivity index (χ0v) is 11.7. The van der Waals surface area contributed by atoms with E-state index in [1.165, 1.54) is 0 Å². The van der Waals surface area contributed by atoms with Gasteiger partial charge in [-0.1, -0.05) is 6.07 Å². The molecule has 0 unspecified atom stereocenters. The largest absolute Gasteiger partial charge is 0.486 e. The first-order chi connectivity index (χ1) is 8.19. The Labute approximate surface area is 114 Å². The van der Waals surface area contributed by atoms with Crippen LogP contribution in [0.4, 0.5) is 0 Å². The molecule has 4 heteroatoms. The van der Waals surface area contributed by atoms with Gasteiger partial charge >= 0.3 is 0 Å². The van der Waals surface area contributed by atoms with E-state index in [0.29, 0.717) is 13.2 Å². The van der Waals surface area contributed by atoms with Crippen LogP contribution in [0, 0.1) is 10.5 Å². The van der Waals surface area contributed by atoms with Crippen molar-refractivity contribution >= 4 is 22.6 Å². The minimum Gasteiger partial charge on any atom is -0.486 e. The van der Waals surface area contributed by atoms with Gasteiger partial charge in [0.1, 0.15) is 23.9 Å². The molecule has 0 saturated heterocycles. The number of ether oxygens (including phenoxy) is 1. The summed E-state index contributed by atoms with van der Waals surface area (Å²) in [5, 5.41) is 0. The van der Waals surface area contributed by atoms with Crippen molar-refractivity contribution in [2.75, 3.05) is 0 Å². The maximum absolute atomic E-state index is 5.65. The van der Waals surface area contributed by atoms with Crippen molar-refractivity contribution in [3.8, 4) is 5.75 Å². The summed E-state index contributed by atoms with van der Waals surface area (Å²) < 4.78 is 12.4.